The van der Waals surface area contributed by atoms with Gasteiger partial charge < -0.3 is 9.73 Å². The van der Waals surface area contributed by atoms with E-state index in [-0.39, 0.29) is 0 Å². The van der Waals surface area contributed by atoms with E-state index in [9.17, 15) is 0 Å². The molecule has 0 aliphatic rings. The molecule has 0 bridgehead atoms. The summed E-state index contributed by atoms with van der Waals surface area (Å²) >= 11 is 0. The van der Waals surface area contributed by atoms with E-state index in [1.165, 1.54) is 18.4 Å². The molecule has 1 aromatic rings. The van der Waals surface area contributed by atoms with Crippen LogP contribution in [0.4, 0.5) is 0 Å². The molecule has 0 fully saturated rings. The van der Waals surface area contributed by atoms with Crippen LogP contribution < -0.4 is 5.32 Å². The highest BCUT2D eigenvalue weighted by atomic mass is 16.3. The lowest BCUT2D eigenvalue weighted by Gasteiger charge is -2.19. The average Bonchev–Trinajstić information content (AvgIpc) is 2.63. The number of nitrogens with one attached hydrogen (secondary N) is 1. The zero-order chi connectivity index (χ0) is 11.3. The topological polar surface area (TPSA) is 25.2 Å². The third kappa shape index (κ3) is 5.03. The first-order valence-electron chi connectivity index (χ1n) is 5.74. The summed E-state index contributed by atoms with van der Waals surface area (Å²) in [6.07, 6.45) is 6.02. The molecule has 0 amide bonds. The lowest BCUT2D eigenvalue weighted by atomic mass is 9.90. The summed E-state index contributed by atoms with van der Waals surface area (Å²) in [5.41, 5.74) is 1.67. The second kappa shape index (κ2) is 5.36. The Morgan fingerprint density at radius 3 is 2.67 bits per heavy atom. The quantitative estimate of drug-likeness (QED) is 0.747. The molecular weight excluding hydrogens is 186 g/mol. The second-order valence-electron chi connectivity index (χ2n) is 5.40. The van der Waals surface area contributed by atoms with Crippen molar-refractivity contribution in [3.8, 4) is 0 Å². The number of hydrogen-bond donors (Lipinski definition) is 1. The highest BCUT2D eigenvalue weighted by molar-refractivity contribution is 5.09. The maximum Gasteiger partial charge on any atom is 0.0950 e. The molecule has 0 aliphatic heterocycles. The molecule has 1 N–H and O–H groups in total. The lowest BCUT2D eigenvalue weighted by molar-refractivity contribution is 0.357. The molecular formula is C13H23NO. The van der Waals surface area contributed by atoms with Crippen molar-refractivity contribution in [2.24, 2.45) is 5.41 Å². The number of rotatable bonds is 5. The largest absolute Gasteiger partial charge is 0.472 e. The molecule has 2 nitrogen and oxygen atoms in total. The van der Waals surface area contributed by atoms with Crippen molar-refractivity contribution < 1.29 is 4.42 Å². The Kier molecular flexibility index (Phi) is 4.40. The van der Waals surface area contributed by atoms with Gasteiger partial charge in [-0.1, -0.05) is 20.8 Å². The van der Waals surface area contributed by atoms with E-state index in [4.69, 9.17) is 4.42 Å². The predicted molar refractivity (Wildman–Crippen MR) is 63.8 cm³/mol. The Balaban J connectivity index is 2.16. The van der Waals surface area contributed by atoms with Crippen LogP contribution in [-0.4, -0.2) is 6.54 Å². The van der Waals surface area contributed by atoms with Gasteiger partial charge in [-0.25, -0.2) is 0 Å². The molecule has 2 heteroatoms. The molecule has 0 spiro atoms. The molecule has 0 aromatic carbocycles. The summed E-state index contributed by atoms with van der Waals surface area (Å²) in [5.74, 6) is 0. The van der Waals surface area contributed by atoms with Crippen LogP contribution in [0.1, 0.15) is 52.1 Å². The SMILES string of the molecule is CC(NCCCC(C)(C)C)c1ccoc1. The molecule has 0 radical (unpaired) electrons. The van der Waals surface area contributed by atoms with Gasteiger partial charge in [0.05, 0.1) is 12.5 Å². The maximum absolute atomic E-state index is 5.06. The van der Waals surface area contributed by atoms with E-state index < -0.39 is 0 Å². The van der Waals surface area contributed by atoms with Gasteiger partial charge in [-0.05, 0) is 37.8 Å². The first kappa shape index (κ1) is 12.3. The highest BCUT2D eigenvalue weighted by Crippen LogP contribution is 2.20. The minimum Gasteiger partial charge on any atom is -0.472 e. The van der Waals surface area contributed by atoms with Crippen LogP contribution in [0.15, 0.2) is 23.0 Å². The van der Waals surface area contributed by atoms with E-state index >= 15 is 0 Å². The van der Waals surface area contributed by atoms with Crippen molar-refractivity contribution in [2.75, 3.05) is 6.54 Å². The number of furan rings is 1. The van der Waals surface area contributed by atoms with Crippen molar-refractivity contribution in [2.45, 2.75) is 46.6 Å². The lowest BCUT2D eigenvalue weighted by Crippen LogP contribution is -2.20. The minimum absolute atomic E-state index is 0.392. The molecule has 1 atom stereocenters. The molecule has 1 unspecified atom stereocenters. The van der Waals surface area contributed by atoms with Crippen LogP contribution in [0.5, 0.6) is 0 Å². The normalized spacial score (nSPS) is 14.1. The zero-order valence-corrected chi connectivity index (χ0v) is 10.3. The summed E-state index contributed by atoms with van der Waals surface area (Å²) in [5, 5.41) is 3.50. The number of hydrogen-bond acceptors (Lipinski definition) is 2. The van der Waals surface area contributed by atoms with Crippen LogP contribution in [0.3, 0.4) is 0 Å². The van der Waals surface area contributed by atoms with Crippen LogP contribution >= 0.6 is 0 Å². The molecule has 1 rings (SSSR count). The highest BCUT2D eigenvalue weighted by Gasteiger charge is 2.10. The van der Waals surface area contributed by atoms with E-state index in [1.54, 1.807) is 12.5 Å². The van der Waals surface area contributed by atoms with Gasteiger partial charge in [0.15, 0.2) is 0 Å². The first-order chi connectivity index (χ1) is 6.99. The van der Waals surface area contributed by atoms with Crippen molar-refractivity contribution in [1.82, 2.24) is 5.32 Å². The fourth-order valence-electron chi connectivity index (χ4n) is 1.58. The van der Waals surface area contributed by atoms with Crippen LogP contribution in [0, 0.1) is 5.41 Å². The van der Waals surface area contributed by atoms with Gasteiger partial charge in [0.25, 0.3) is 0 Å². The predicted octanol–water partition coefficient (Wildman–Crippen LogP) is 3.76. The fraction of sp³-hybridized carbons (Fsp3) is 0.692. The van der Waals surface area contributed by atoms with E-state index in [0.717, 1.165) is 6.54 Å². The standard InChI is InChI=1S/C13H23NO/c1-11(12-6-9-15-10-12)14-8-5-7-13(2,3)4/h6,9-11,14H,5,7-8H2,1-4H3. The van der Waals surface area contributed by atoms with Gasteiger partial charge in [0.2, 0.25) is 0 Å². The van der Waals surface area contributed by atoms with Crippen molar-refractivity contribution in [3.05, 3.63) is 24.2 Å². The average molecular weight is 209 g/mol. The van der Waals surface area contributed by atoms with Crippen molar-refractivity contribution >= 4 is 0 Å². The summed E-state index contributed by atoms with van der Waals surface area (Å²) in [6, 6.07) is 2.41. The molecule has 86 valence electrons. The summed E-state index contributed by atoms with van der Waals surface area (Å²) < 4.78 is 5.06. The smallest absolute Gasteiger partial charge is 0.0950 e. The van der Waals surface area contributed by atoms with Crippen LogP contribution in [0.25, 0.3) is 0 Å². The molecule has 15 heavy (non-hydrogen) atoms. The third-order valence-electron chi connectivity index (χ3n) is 2.60. The fourth-order valence-corrected chi connectivity index (χ4v) is 1.58. The Morgan fingerprint density at radius 2 is 2.13 bits per heavy atom. The Labute approximate surface area is 93.1 Å². The Morgan fingerprint density at radius 1 is 1.40 bits per heavy atom. The van der Waals surface area contributed by atoms with E-state index in [2.05, 4.69) is 33.0 Å². The van der Waals surface area contributed by atoms with Crippen molar-refractivity contribution in [3.63, 3.8) is 0 Å². The van der Waals surface area contributed by atoms with Gasteiger partial charge in [0, 0.05) is 11.6 Å². The minimum atomic E-state index is 0.392. The van der Waals surface area contributed by atoms with Crippen LogP contribution in [0.2, 0.25) is 0 Å². The zero-order valence-electron chi connectivity index (χ0n) is 10.3. The monoisotopic (exact) mass is 209 g/mol. The Bertz CT molecular complexity index is 259. The van der Waals surface area contributed by atoms with Gasteiger partial charge in [0.1, 0.15) is 0 Å². The third-order valence-corrected chi connectivity index (χ3v) is 2.60. The van der Waals surface area contributed by atoms with Gasteiger partial charge in [-0.2, -0.15) is 0 Å². The van der Waals surface area contributed by atoms with E-state index in [0.29, 0.717) is 11.5 Å². The second-order valence-corrected chi connectivity index (χ2v) is 5.40. The summed E-state index contributed by atoms with van der Waals surface area (Å²) in [6.45, 7) is 10.1. The molecule has 0 saturated carbocycles. The molecule has 1 aromatic heterocycles. The molecule has 1 heterocycles. The van der Waals surface area contributed by atoms with E-state index in [1.807, 2.05) is 6.07 Å². The molecule has 0 saturated heterocycles. The summed E-state index contributed by atoms with van der Waals surface area (Å²) in [7, 11) is 0. The first-order valence-corrected chi connectivity index (χ1v) is 5.74. The van der Waals surface area contributed by atoms with Crippen molar-refractivity contribution in [1.29, 1.82) is 0 Å². The van der Waals surface area contributed by atoms with Gasteiger partial charge in [-0.3, -0.25) is 0 Å². The maximum atomic E-state index is 5.06. The Hall–Kier alpha value is -0.760. The van der Waals surface area contributed by atoms with Crippen LogP contribution in [-0.2, 0) is 0 Å². The molecule has 0 aliphatic carbocycles. The van der Waals surface area contributed by atoms with Gasteiger partial charge >= 0.3 is 0 Å². The summed E-state index contributed by atoms with van der Waals surface area (Å²) in [4.78, 5) is 0. The van der Waals surface area contributed by atoms with Gasteiger partial charge in [-0.15, -0.1) is 0 Å².